The molecule has 2 atom stereocenters. The zero-order valence-electron chi connectivity index (χ0n) is 18.4. The van der Waals surface area contributed by atoms with Crippen LogP contribution in [0.5, 0.6) is 0 Å². The summed E-state index contributed by atoms with van der Waals surface area (Å²) in [6.07, 6.45) is 6.94. The molecule has 4 nitrogen and oxygen atoms in total. The SMILES string of the molecule is CN(C)C(=O)C(CCCNC1CCCCC1)(c1ccccc1)C(O)c1ccccc1. The minimum absolute atomic E-state index is 0.0530. The van der Waals surface area contributed by atoms with Gasteiger partial charge < -0.3 is 15.3 Å². The fourth-order valence-electron chi connectivity index (χ4n) is 4.82. The lowest BCUT2D eigenvalue weighted by atomic mass is 9.69. The third-order valence-electron chi connectivity index (χ3n) is 6.44. The van der Waals surface area contributed by atoms with Crippen molar-refractivity contribution in [3.05, 3.63) is 71.8 Å². The monoisotopic (exact) mass is 408 g/mol. The van der Waals surface area contributed by atoms with Crippen LogP contribution < -0.4 is 5.32 Å². The highest BCUT2D eigenvalue weighted by atomic mass is 16.3. The first kappa shape index (κ1) is 22.5. The zero-order valence-corrected chi connectivity index (χ0v) is 18.4. The number of nitrogens with zero attached hydrogens (tertiary/aromatic N) is 1. The van der Waals surface area contributed by atoms with Crippen LogP contribution in [-0.2, 0) is 10.2 Å². The Morgan fingerprint density at radius 2 is 1.63 bits per heavy atom. The zero-order chi connectivity index (χ0) is 21.4. The fourth-order valence-corrected chi connectivity index (χ4v) is 4.82. The summed E-state index contributed by atoms with van der Waals surface area (Å²) < 4.78 is 0. The molecule has 0 radical (unpaired) electrons. The molecule has 162 valence electrons. The summed E-state index contributed by atoms with van der Waals surface area (Å²) >= 11 is 0. The maximum Gasteiger partial charge on any atom is 0.235 e. The van der Waals surface area contributed by atoms with Crippen LogP contribution in [0.3, 0.4) is 0 Å². The number of hydrogen-bond donors (Lipinski definition) is 2. The first-order valence-corrected chi connectivity index (χ1v) is 11.3. The summed E-state index contributed by atoms with van der Waals surface area (Å²) in [4.78, 5) is 15.2. The van der Waals surface area contributed by atoms with Gasteiger partial charge >= 0.3 is 0 Å². The average Bonchev–Trinajstić information content (AvgIpc) is 2.80. The highest BCUT2D eigenvalue weighted by Crippen LogP contribution is 2.42. The molecule has 1 aliphatic carbocycles. The molecular weight excluding hydrogens is 372 g/mol. The first-order chi connectivity index (χ1) is 14.6. The largest absolute Gasteiger partial charge is 0.387 e. The van der Waals surface area contributed by atoms with E-state index in [9.17, 15) is 9.90 Å². The van der Waals surface area contributed by atoms with Crippen molar-refractivity contribution < 1.29 is 9.90 Å². The van der Waals surface area contributed by atoms with E-state index in [1.165, 1.54) is 32.1 Å². The molecule has 2 unspecified atom stereocenters. The van der Waals surface area contributed by atoms with Gasteiger partial charge in [-0.2, -0.15) is 0 Å². The van der Waals surface area contributed by atoms with Crippen molar-refractivity contribution in [1.82, 2.24) is 10.2 Å². The van der Waals surface area contributed by atoms with E-state index in [0.29, 0.717) is 12.5 Å². The van der Waals surface area contributed by atoms with Gasteiger partial charge in [-0.05, 0) is 43.4 Å². The van der Waals surface area contributed by atoms with Crippen LogP contribution in [-0.4, -0.2) is 42.6 Å². The number of hydrogen-bond acceptors (Lipinski definition) is 3. The molecule has 0 bridgehead atoms. The van der Waals surface area contributed by atoms with Gasteiger partial charge in [-0.25, -0.2) is 0 Å². The Labute approximate surface area is 181 Å². The number of aliphatic hydroxyl groups excluding tert-OH is 1. The molecule has 30 heavy (non-hydrogen) atoms. The van der Waals surface area contributed by atoms with E-state index in [1.807, 2.05) is 60.7 Å². The van der Waals surface area contributed by atoms with Gasteiger partial charge in [0.25, 0.3) is 0 Å². The Bertz CT molecular complexity index is 772. The van der Waals surface area contributed by atoms with E-state index >= 15 is 0 Å². The Kier molecular flexibility index (Phi) is 8.06. The maximum atomic E-state index is 13.6. The second-order valence-corrected chi connectivity index (χ2v) is 8.74. The van der Waals surface area contributed by atoms with Gasteiger partial charge in [0.05, 0.1) is 6.10 Å². The van der Waals surface area contributed by atoms with Crippen LogP contribution in [0.25, 0.3) is 0 Å². The van der Waals surface area contributed by atoms with Crippen molar-refractivity contribution in [2.75, 3.05) is 20.6 Å². The highest BCUT2D eigenvalue weighted by molar-refractivity contribution is 5.89. The number of likely N-dealkylation sites (N-methyl/N-ethyl adjacent to an activating group) is 1. The second kappa shape index (κ2) is 10.7. The summed E-state index contributed by atoms with van der Waals surface area (Å²) in [5.41, 5.74) is 0.634. The standard InChI is InChI=1S/C26H36N2O2/c1-28(2)25(30)26(22-15-8-4-9-16-22,24(29)21-13-6-3-7-14-21)19-12-20-27-23-17-10-5-11-18-23/h3-4,6-9,13-16,23-24,27,29H,5,10-12,17-20H2,1-2H3. The van der Waals surface area contributed by atoms with Crippen LogP contribution in [0.2, 0.25) is 0 Å². The molecule has 0 heterocycles. The molecule has 2 aromatic rings. The van der Waals surface area contributed by atoms with Gasteiger partial charge in [0.1, 0.15) is 5.41 Å². The van der Waals surface area contributed by atoms with Crippen molar-refractivity contribution >= 4 is 5.91 Å². The molecule has 1 aliphatic rings. The lowest BCUT2D eigenvalue weighted by molar-refractivity contribution is -0.140. The summed E-state index contributed by atoms with van der Waals surface area (Å²) in [5.74, 6) is -0.0530. The molecule has 0 aromatic heterocycles. The Hall–Kier alpha value is -2.17. The van der Waals surface area contributed by atoms with Crippen molar-refractivity contribution in [3.63, 3.8) is 0 Å². The van der Waals surface area contributed by atoms with Crippen LogP contribution >= 0.6 is 0 Å². The molecule has 3 rings (SSSR count). The summed E-state index contributed by atoms with van der Waals surface area (Å²) in [6.45, 7) is 0.863. The topological polar surface area (TPSA) is 52.6 Å². The maximum absolute atomic E-state index is 13.6. The molecule has 4 heteroatoms. The predicted molar refractivity (Wildman–Crippen MR) is 122 cm³/mol. The minimum atomic E-state index is -1.01. The number of rotatable bonds is 9. The van der Waals surface area contributed by atoms with E-state index in [-0.39, 0.29) is 5.91 Å². The van der Waals surface area contributed by atoms with Gasteiger partial charge in [-0.15, -0.1) is 0 Å². The molecular formula is C26H36N2O2. The van der Waals surface area contributed by atoms with Gasteiger partial charge in [0, 0.05) is 20.1 Å². The quantitative estimate of drug-likeness (QED) is 0.603. The minimum Gasteiger partial charge on any atom is -0.387 e. The highest BCUT2D eigenvalue weighted by Gasteiger charge is 2.47. The lowest BCUT2D eigenvalue weighted by Gasteiger charge is -2.39. The summed E-state index contributed by atoms with van der Waals surface area (Å²) in [7, 11) is 3.55. The van der Waals surface area contributed by atoms with E-state index in [2.05, 4.69) is 5.32 Å². The second-order valence-electron chi connectivity index (χ2n) is 8.74. The smallest absolute Gasteiger partial charge is 0.235 e. The number of aliphatic hydroxyl groups is 1. The molecule has 0 aliphatic heterocycles. The van der Waals surface area contributed by atoms with Crippen molar-refractivity contribution in [3.8, 4) is 0 Å². The third kappa shape index (κ3) is 5.11. The molecule has 0 spiro atoms. The number of nitrogens with one attached hydrogen (secondary N) is 1. The predicted octanol–water partition coefficient (Wildman–Crippen LogP) is 4.45. The number of carbonyl (C=O) groups excluding carboxylic acids is 1. The van der Waals surface area contributed by atoms with E-state index in [1.54, 1.807) is 19.0 Å². The van der Waals surface area contributed by atoms with Gasteiger partial charge in [0.2, 0.25) is 5.91 Å². The van der Waals surface area contributed by atoms with Gasteiger partial charge in [-0.1, -0.05) is 79.9 Å². The molecule has 2 aromatic carbocycles. The molecule has 1 saturated carbocycles. The van der Waals surface area contributed by atoms with Crippen LogP contribution in [0, 0.1) is 0 Å². The van der Waals surface area contributed by atoms with Crippen LogP contribution in [0.1, 0.15) is 62.2 Å². The molecule has 2 N–H and O–H groups in total. The van der Waals surface area contributed by atoms with E-state index in [4.69, 9.17) is 0 Å². The molecule has 1 fully saturated rings. The summed E-state index contributed by atoms with van der Waals surface area (Å²) in [6, 6.07) is 20.0. The molecule has 1 amide bonds. The van der Waals surface area contributed by atoms with E-state index in [0.717, 1.165) is 24.1 Å². The van der Waals surface area contributed by atoms with Gasteiger partial charge in [0.15, 0.2) is 0 Å². The Morgan fingerprint density at radius 3 is 2.23 bits per heavy atom. The van der Waals surface area contributed by atoms with Crippen molar-refractivity contribution in [2.45, 2.75) is 62.5 Å². The molecule has 0 saturated heterocycles. The van der Waals surface area contributed by atoms with Crippen LogP contribution in [0.15, 0.2) is 60.7 Å². The third-order valence-corrected chi connectivity index (χ3v) is 6.44. The lowest BCUT2D eigenvalue weighted by Crippen LogP contribution is -2.48. The van der Waals surface area contributed by atoms with Crippen LogP contribution in [0.4, 0.5) is 0 Å². The number of carbonyl (C=O) groups is 1. The normalized spacial score (nSPS) is 17.8. The van der Waals surface area contributed by atoms with Crippen molar-refractivity contribution in [2.24, 2.45) is 0 Å². The number of benzene rings is 2. The summed E-state index contributed by atoms with van der Waals surface area (Å²) in [5, 5.41) is 15.3. The first-order valence-electron chi connectivity index (χ1n) is 11.3. The Balaban J connectivity index is 1.88. The van der Waals surface area contributed by atoms with E-state index < -0.39 is 11.5 Å². The Morgan fingerprint density at radius 1 is 1.03 bits per heavy atom. The fraction of sp³-hybridized carbons (Fsp3) is 0.500. The number of amides is 1. The average molecular weight is 409 g/mol. The van der Waals surface area contributed by atoms with Crippen molar-refractivity contribution in [1.29, 1.82) is 0 Å². The van der Waals surface area contributed by atoms with Gasteiger partial charge in [-0.3, -0.25) is 4.79 Å².